The maximum Gasteiger partial charge on any atom is 0.409 e. The molecule has 4 N–H and O–H groups in total. The SMILES string of the molecule is COc1cc2cc(c1Cl)N(C)C(=O)C[C@H](OC(=O)[C@H](C)N(C)C(=O)c1ccc(N)cc1)[C@]1(C)OC1CC1C[C@@](O)(NC(=O)O1)[C@H](OC)/C=C/C=C(\C)C2. The van der Waals surface area contributed by atoms with Crippen molar-refractivity contribution in [3.05, 3.63) is 76.3 Å². The Balaban J connectivity index is 1.49. The molecule has 0 spiro atoms. The van der Waals surface area contributed by atoms with Crippen LogP contribution in [0.2, 0.25) is 5.02 Å². The van der Waals surface area contributed by atoms with Gasteiger partial charge in [-0.3, -0.25) is 14.9 Å². The minimum atomic E-state index is -1.82. The number of methoxy groups -OCH3 is 2. The predicted molar refractivity (Wildman–Crippen MR) is 197 cm³/mol. The van der Waals surface area contributed by atoms with Crippen LogP contribution in [0, 0.1) is 0 Å². The van der Waals surface area contributed by atoms with Crippen molar-refractivity contribution in [3.63, 3.8) is 0 Å². The summed E-state index contributed by atoms with van der Waals surface area (Å²) in [7, 11) is 5.94. The van der Waals surface area contributed by atoms with E-state index in [4.69, 9.17) is 41.0 Å². The molecule has 0 aromatic heterocycles. The molecule has 2 fully saturated rings. The number of benzene rings is 2. The van der Waals surface area contributed by atoms with Gasteiger partial charge in [0.15, 0.2) is 5.72 Å². The Morgan fingerprint density at radius 1 is 1.19 bits per heavy atom. The Bertz CT molecular complexity index is 1800. The van der Waals surface area contributed by atoms with Crippen LogP contribution in [0.25, 0.3) is 0 Å². The quantitative estimate of drug-likeness (QED) is 0.219. The number of nitrogens with one attached hydrogen (secondary N) is 1. The fourth-order valence-corrected chi connectivity index (χ4v) is 6.97. The zero-order chi connectivity index (χ0) is 38.8. The van der Waals surface area contributed by atoms with Crippen molar-refractivity contribution in [3.8, 4) is 5.75 Å². The molecule has 3 aliphatic rings. The Kier molecular flexibility index (Phi) is 11.8. The largest absolute Gasteiger partial charge is 0.495 e. The molecule has 14 nitrogen and oxygen atoms in total. The van der Waals surface area contributed by atoms with E-state index in [1.54, 1.807) is 62.5 Å². The Labute approximate surface area is 313 Å². The fraction of sp³-hybridized carbons (Fsp3) is 0.474. The molecule has 0 aliphatic carbocycles. The molecule has 2 aromatic carbocycles. The van der Waals surface area contributed by atoms with Crippen LogP contribution in [-0.4, -0.2) is 104 Å². The number of hydrogen-bond acceptors (Lipinski definition) is 11. The van der Waals surface area contributed by atoms with Crippen LogP contribution in [-0.2, 0) is 35.0 Å². The number of nitrogen functional groups attached to an aromatic ring is 1. The molecule has 0 radical (unpaired) electrons. The molecule has 3 amide bonds. The molecule has 2 aromatic rings. The van der Waals surface area contributed by atoms with E-state index in [0.29, 0.717) is 29.1 Å². The van der Waals surface area contributed by atoms with Gasteiger partial charge in [-0.15, -0.1) is 0 Å². The molecule has 53 heavy (non-hydrogen) atoms. The molecule has 3 aliphatic heterocycles. The van der Waals surface area contributed by atoms with Gasteiger partial charge in [-0.05, 0) is 69.2 Å². The fourth-order valence-electron chi connectivity index (χ4n) is 6.65. The van der Waals surface area contributed by atoms with E-state index in [-0.39, 0.29) is 24.3 Å². The van der Waals surface area contributed by atoms with E-state index >= 15 is 0 Å². The van der Waals surface area contributed by atoms with Crippen LogP contribution >= 0.6 is 11.6 Å². The van der Waals surface area contributed by atoms with Gasteiger partial charge in [0.05, 0.1) is 25.3 Å². The third kappa shape index (κ3) is 8.62. The first-order chi connectivity index (χ1) is 25.0. The topological polar surface area (TPSA) is 182 Å². The summed E-state index contributed by atoms with van der Waals surface area (Å²) in [6.45, 7) is 5.13. The Morgan fingerprint density at radius 3 is 2.55 bits per heavy atom. The first kappa shape index (κ1) is 39.6. The van der Waals surface area contributed by atoms with Gasteiger partial charge >= 0.3 is 12.1 Å². The van der Waals surface area contributed by atoms with Crippen LogP contribution in [0.15, 0.2) is 60.2 Å². The van der Waals surface area contributed by atoms with Crippen LogP contribution in [0.5, 0.6) is 5.75 Å². The summed E-state index contributed by atoms with van der Waals surface area (Å²) >= 11 is 6.74. The predicted octanol–water partition coefficient (Wildman–Crippen LogP) is 4.16. The highest BCUT2D eigenvalue weighted by molar-refractivity contribution is 6.35. The van der Waals surface area contributed by atoms with Crippen molar-refractivity contribution in [1.82, 2.24) is 10.2 Å². The van der Waals surface area contributed by atoms with E-state index < -0.39 is 65.7 Å². The lowest BCUT2D eigenvalue weighted by molar-refractivity contribution is -0.158. The lowest BCUT2D eigenvalue weighted by atomic mass is 9.90. The monoisotopic (exact) mass is 754 g/mol. The molecule has 5 rings (SSSR count). The number of carbonyl (C=O) groups is 4. The van der Waals surface area contributed by atoms with E-state index in [9.17, 15) is 24.3 Å². The molecular weight excluding hydrogens is 708 g/mol. The molecule has 2 saturated heterocycles. The average Bonchev–Trinajstić information content (AvgIpc) is 3.77. The van der Waals surface area contributed by atoms with Gasteiger partial charge < -0.3 is 44.3 Å². The van der Waals surface area contributed by atoms with Crippen molar-refractivity contribution >= 4 is 46.9 Å². The summed E-state index contributed by atoms with van der Waals surface area (Å²) in [4.78, 5) is 56.4. The molecule has 286 valence electrons. The van der Waals surface area contributed by atoms with Crippen molar-refractivity contribution in [2.45, 2.75) is 88.2 Å². The molecule has 15 heteroatoms. The van der Waals surface area contributed by atoms with Crippen LogP contribution in [0.1, 0.15) is 56.0 Å². The van der Waals surface area contributed by atoms with E-state index in [0.717, 1.165) is 11.1 Å². The number of anilines is 2. The Morgan fingerprint density at radius 2 is 1.89 bits per heavy atom. The standard InChI is InChI=1S/C38H47ClN4O10/c1-21-9-8-10-29(50-7)38(48)20-26(51-36(47)41-38)18-31-37(3,53-31)30(19-32(44)43(5)27-16-23(15-21)17-28(49-6)33(27)39)52-35(46)22(2)42(4)34(45)24-11-13-25(40)14-12-24/h8-14,16-17,22,26,29-31,48H,15,18-20,40H2,1-7H3,(H,41,47)/b10-8+,21-9+/t22-,26?,29+,30-,31?,37-,38-/m0/s1. The van der Waals surface area contributed by atoms with Gasteiger partial charge in [0.2, 0.25) is 5.91 Å². The molecule has 0 saturated carbocycles. The van der Waals surface area contributed by atoms with Crippen molar-refractivity contribution in [2.24, 2.45) is 0 Å². The third-order valence-electron chi connectivity index (χ3n) is 10.2. The highest BCUT2D eigenvalue weighted by Gasteiger charge is 2.61. The number of esters is 1. The molecule has 2 unspecified atom stereocenters. The van der Waals surface area contributed by atoms with Crippen molar-refractivity contribution in [2.75, 3.05) is 38.9 Å². The van der Waals surface area contributed by atoms with E-state index in [2.05, 4.69) is 5.32 Å². The zero-order valence-corrected chi connectivity index (χ0v) is 31.6. The number of aliphatic hydroxyl groups is 1. The second kappa shape index (κ2) is 15.8. The smallest absolute Gasteiger partial charge is 0.409 e. The van der Waals surface area contributed by atoms with E-state index in [1.165, 1.54) is 38.0 Å². The lowest BCUT2D eigenvalue weighted by Gasteiger charge is -2.40. The Hall–Kier alpha value is -4.63. The number of rotatable bonds is 6. The second-order valence-electron chi connectivity index (χ2n) is 14.0. The summed E-state index contributed by atoms with van der Waals surface area (Å²) in [5.41, 5.74) is 5.65. The number of nitrogens with two attached hydrogens (primary N) is 1. The first-order valence-electron chi connectivity index (χ1n) is 17.2. The molecule has 4 bridgehead atoms. The highest BCUT2D eigenvalue weighted by Crippen LogP contribution is 2.47. The summed E-state index contributed by atoms with van der Waals surface area (Å²) in [6, 6.07) is 8.80. The summed E-state index contributed by atoms with van der Waals surface area (Å²) in [6.07, 6.45) is 1.00. The number of likely N-dealkylation sites (N-methyl/N-ethyl adjacent to an activating group) is 1. The minimum absolute atomic E-state index is 0.0500. The number of alkyl carbamates (subject to hydrolysis) is 1. The van der Waals surface area contributed by atoms with Crippen LogP contribution < -0.4 is 20.7 Å². The molecule has 7 atom stereocenters. The van der Waals surface area contributed by atoms with Crippen molar-refractivity contribution < 1.29 is 48.0 Å². The second-order valence-corrected chi connectivity index (χ2v) is 14.3. The van der Waals surface area contributed by atoms with Gasteiger partial charge in [-0.1, -0.05) is 35.4 Å². The zero-order valence-electron chi connectivity index (χ0n) is 30.9. The van der Waals surface area contributed by atoms with E-state index in [1.807, 2.05) is 13.0 Å². The number of epoxide rings is 1. The van der Waals surface area contributed by atoms with Gasteiger partial charge in [-0.25, -0.2) is 9.59 Å². The number of carbonyl (C=O) groups excluding carboxylic acids is 4. The number of allylic oxidation sites excluding steroid dienone is 3. The third-order valence-corrected chi connectivity index (χ3v) is 10.5. The maximum absolute atomic E-state index is 14.1. The van der Waals surface area contributed by atoms with Gasteiger partial charge in [0.25, 0.3) is 5.91 Å². The highest BCUT2D eigenvalue weighted by atomic mass is 35.5. The van der Waals surface area contributed by atoms with Gasteiger partial charge in [-0.2, -0.15) is 0 Å². The first-order valence-corrected chi connectivity index (χ1v) is 17.6. The summed E-state index contributed by atoms with van der Waals surface area (Å²) in [5.74, 6) is -1.29. The number of fused-ring (bicyclic) bond motifs is 5. The molecule has 3 heterocycles. The number of hydrogen-bond donors (Lipinski definition) is 3. The van der Waals surface area contributed by atoms with Crippen molar-refractivity contribution in [1.29, 1.82) is 0 Å². The average molecular weight is 755 g/mol. The molecular formula is C38H47ClN4O10. The van der Waals surface area contributed by atoms with Gasteiger partial charge in [0, 0.05) is 45.3 Å². The van der Waals surface area contributed by atoms with Crippen LogP contribution in [0.4, 0.5) is 16.2 Å². The summed E-state index contributed by atoms with van der Waals surface area (Å²) < 4.78 is 28.9. The summed E-state index contributed by atoms with van der Waals surface area (Å²) in [5, 5.41) is 14.3. The van der Waals surface area contributed by atoms with Gasteiger partial charge in [0.1, 0.15) is 40.7 Å². The number of halogens is 1. The number of amides is 3. The normalized spacial score (nSPS) is 29.7. The lowest BCUT2D eigenvalue weighted by Crippen LogP contribution is -2.62. The van der Waals surface area contributed by atoms with Crippen LogP contribution in [0.3, 0.4) is 0 Å². The number of nitrogens with zero attached hydrogens (tertiary/aromatic N) is 2. The maximum atomic E-state index is 14.1. The minimum Gasteiger partial charge on any atom is -0.495 e. The number of ether oxygens (including phenoxy) is 5.